The summed E-state index contributed by atoms with van der Waals surface area (Å²) >= 11 is 1.52. The van der Waals surface area contributed by atoms with Gasteiger partial charge in [-0.25, -0.2) is 0 Å². The zero-order valence-corrected chi connectivity index (χ0v) is 19.8. The lowest BCUT2D eigenvalue weighted by Gasteiger charge is -2.36. The molecular formula is C25H31N3O3S. The maximum atomic E-state index is 12.9. The fourth-order valence-corrected chi connectivity index (χ4v) is 5.76. The highest BCUT2D eigenvalue weighted by Crippen LogP contribution is 2.55. The molecule has 2 aliphatic heterocycles. The number of carbonyl (C=O) groups excluding carboxylic acids is 1. The van der Waals surface area contributed by atoms with Crippen molar-refractivity contribution in [3.63, 3.8) is 0 Å². The quantitative estimate of drug-likeness (QED) is 0.602. The summed E-state index contributed by atoms with van der Waals surface area (Å²) in [7, 11) is 3.84. The van der Waals surface area contributed by atoms with Crippen molar-refractivity contribution >= 4 is 29.2 Å². The van der Waals surface area contributed by atoms with Crippen molar-refractivity contribution in [3.8, 4) is 11.5 Å². The zero-order valence-electron chi connectivity index (χ0n) is 19.0. The predicted octanol–water partition coefficient (Wildman–Crippen LogP) is 4.97. The molecule has 170 valence electrons. The van der Waals surface area contributed by atoms with Gasteiger partial charge in [0.1, 0.15) is 17.6 Å². The molecule has 5 rings (SSSR count). The summed E-state index contributed by atoms with van der Waals surface area (Å²) in [6, 6.07) is 10.3. The van der Waals surface area contributed by atoms with Crippen LogP contribution < -0.4 is 19.5 Å². The number of hydrogen-bond acceptors (Lipinski definition) is 6. The molecule has 0 bridgehead atoms. The molecule has 1 saturated heterocycles. The molecule has 0 aromatic heterocycles. The molecule has 2 heterocycles. The summed E-state index contributed by atoms with van der Waals surface area (Å²) in [6.45, 7) is 4.14. The van der Waals surface area contributed by atoms with Crippen LogP contribution in [0.4, 0.5) is 11.4 Å². The number of benzene rings is 2. The smallest absolute Gasteiger partial charge is 0.235 e. The Morgan fingerprint density at radius 1 is 1.16 bits per heavy atom. The highest BCUT2D eigenvalue weighted by Gasteiger charge is 2.52. The van der Waals surface area contributed by atoms with Crippen LogP contribution in [0.5, 0.6) is 11.5 Å². The average Bonchev–Trinajstić information content (AvgIpc) is 3.06. The second-order valence-electron chi connectivity index (χ2n) is 9.27. The third-order valence-corrected chi connectivity index (χ3v) is 7.93. The minimum Gasteiger partial charge on any atom is -0.496 e. The van der Waals surface area contributed by atoms with Crippen LogP contribution in [0.2, 0.25) is 0 Å². The standard InChI is InChI=1S/C25H31N3O3S/c1-16-5-6-20(30-3)22(13-16)32-27-17-14-19-23(26-24(29)25(19)9-4-10-25)21(15-17)31-18-7-11-28(2)12-8-18/h5-6,13-15,18,27H,4,7-12H2,1-3H3,(H,26,29). The number of anilines is 2. The zero-order chi connectivity index (χ0) is 22.3. The lowest BCUT2D eigenvalue weighted by molar-refractivity contribution is -0.123. The SMILES string of the molecule is COc1ccc(C)cc1SNc1cc(OC2CCN(C)CC2)c2c(c1)C1(CCC1)C(=O)N2. The first kappa shape index (κ1) is 21.5. The van der Waals surface area contributed by atoms with Gasteiger partial charge in [-0.15, -0.1) is 0 Å². The van der Waals surface area contributed by atoms with Crippen molar-refractivity contribution in [2.45, 2.75) is 55.4 Å². The molecule has 1 spiro atoms. The van der Waals surface area contributed by atoms with E-state index in [1.807, 2.05) is 18.2 Å². The number of carbonyl (C=O) groups is 1. The summed E-state index contributed by atoms with van der Waals surface area (Å²) in [5.41, 5.74) is 3.70. The number of fused-ring (bicyclic) bond motifs is 2. The number of methoxy groups -OCH3 is 1. The van der Waals surface area contributed by atoms with Crippen LogP contribution in [0.3, 0.4) is 0 Å². The maximum absolute atomic E-state index is 12.9. The lowest BCUT2D eigenvalue weighted by Crippen LogP contribution is -2.40. The molecule has 0 atom stereocenters. The molecule has 1 saturated carbocycles. The Bertz CT molecular complexity index is 1030. The van der Waals surface area contributed by atoms with Crippen molar-refractivity contribution in [2.75, 3.05) is 37.3 Å². The van der Waals surface area contributed by atoms with E-state index in [9.17, 15) is 4.79 Å². The van der Waals surface area contributed by atoms with E-state index in [2.05, 4.69) is 41.0 Å². The number of piperidine rings is 1. The number of rotatable bonds is 6. The van der Waals surface area contributed by atoms with E-state index in [-0.39, 0.29) is 17.4 Å². The van der Waals surface area contributed by atoms with E-state index in [0.29, 0.717) is 0 Å². The van der Waals surface area contributed by atoms with Crippen LogP contribution in [-0.4, -0.2) is 44.2 Å². The number of likely N-dealkylation sites (tertiary alicyclic amines) is 1. The van der Waals surface area contributed by atoms with Gasteiger partial charge >= 0.3 is 0 Å². The molecule has 0 radical (unpaired) electrons. The van der Waals surface area contributed by atoms with Gasteiger partial charge in [-0.05, 0) is 80.9 Å². The van der Waals surface area contributed by atoms with Gasteiger partial charge < -0.3 is 24.4 Å². The Kier molecular flexibility index (Phi) is 5.72. The molecule has 3 aliphatic rings. The van der Waals surface area contributed by atoms with E-state index in [4.69, 9.17) is 9.47 Å². The van der Waals surface area contributed by atoms with Crippen LogP contribution in [0.25, 0.3) is 0 Å². The molecule has 32 heavy (non-hydrogen) atoms. The molecule has 6 nitrogen and oxygen atoms in total. The number of amides is 1. The van der Waals surface area contributed by atoms with Crippen LogP contribution in [0.15, 0.2) is 35.2 Å². The van der Waals surface area contributed by atoms with Crippen molar-refractivity contribution < 1.29 is 14.3 Å². The van der Waals surface area contributed by atoms with E-state index < -0.39 is 0 Å². The predicted molar refractivity (Wildman–Crippen MR) is 129 cm³/mol. The van der Waals surface area contributed by atoms with Gasteiger partial charge in [-0.1, -0.05) is 12.5 Å². The fourth-order valence-electron chi connectivity index (χ4n) is 4.92. The molecule has 1 amide bonds. The fraction of sp³-hybridized carbons (Fsp3) is 0.480. The van der Waals surface area contributed by atoms with Gasteiger partial charge in [0, 0.05) is 24.8 Å². The lowest BCUT2D eigenvalue weighted by atomic mass is 9.65. The second-order valence-corrected chi connectivity index (χ2v) is 10.1. The minimum atomic E-state index is -0.385. The third-order valence-electron chi connectivity index (χ3n) is 7.06. The molecule has 2 aromatic rings. The Morgan fingerprint density at radius 3 is 2.62 bits per heavy atom. The van der Waals surface area contributed by atoms with Gasteiger partial charge in [0.2, 0.25) is 5.91 Å². The Hall–Kier alpha value is -2.38. The van der Waals surface area contributed by atoms with E-state index in [1.54, 1.807) is 7.11 Å². The summed E-state index contributed by atoms with van der Waals surface area (Å²) in [4.78, 5) is 16.3. The Balaban J connectivity index is 1.44. The first-order chi connectivity index (χ1) is 15.5. The molecule has 7 heteroatoms. The van der Waals surface area contributed by atoms with Crippen LogP contribution in [0, 0.1) is 6.92 Å². The second kappa shape index (κ2) is 8.52. The normalized spacial score (nSPS) is 19.9. The minimum absolute atomic E-state index is 0.122. The van der Waals surface area contributed by atoms with E-state index in [1.165, 1.54) is 17.5 Å². The Labute approximate surface area is 194 Å². The summed E-state index contributed by atoms with van der Waals surface area (Å²) < 4.78 is 15.5. The molecule has 2 aromatic carbocycles. The number of nitrogens with zero attached hydrogens (tertiary/aromatic N) is 1. The topological polar surface area (TPSA) is 62.8 Å². The van der Waals surface area contributed by atoms with Crippen molar-refractivity contribution in [1.82, 2.24) is 4.90 Å². The highest BCUT2D eigenvalue weighted by atomic mass is 32.2. The van der Waals surface area contributed by atoms with Gasteiger partial charge in [0.15, 0.2) is 0 Å². The van der Waals surface area contributed by atoms with E-state index >= 15 is 0 Å². The van der Waals surface area contributed by atoms with Crippen molar-refractivity contribution in [3.05, 3.63) is 41.5 Å². The van der Waals surface area contributed by atoms with Gasteiger partial charge in [0.05, 0.1) is 23.1 Å². The first-order valence-corrected chi connectivity index (χ1v) is 12.2. The number of ether oxygens (including phenoxy) is 2. The maximum Gasteiger partial charge on any atom is 0.235 e. The van der Waals surface area contributed by atoms with Crippen molar-refractivity contribution in [2.24, 2.45) is 0 Å². The molecule has 0 unspecified atom stereocenters. The monoisotopic (exact) mass is 453 g/mol. The van der Waals surface area contributed by atoms with Gasteiger partial charge in [0.25, 0.3) is 0 Å². The number of aryl methyl sites for hydroxylation is 1. The van der Waals surface area contributed by atoms with Gasteiger partial charge in [-0.3, -0.25) is 4.79 Å². The van der Waals surface area contributed by atoms with Crippen LogP contribution in [0.1, 0.15) is 43.2 Å². The summed E-state index contributed by atoms with van der Waals surface area (Å²) in [5.74, 6) is 1.75. The summed E-state index contributed by atoms with van der Waals surface area (Å²) in [5, 5.41) is 3.15. The Morgan fingerprint density at radius 2 is 1.94 bits per heavy atom. The van der Waals surface area contributed by atoms with E-state index in [0.717, 1.165) is 78.5 Å². The number of nitrogens with one attached hydrogen (secondary N) is 2. The van der Waals surface area contributed by atoms with Crippen LogP contribution in [-0.2, 0) is 10.2 Å². The van der Waals surface area contributed by atoms with Crippen molar-refractivity contribution in [1.29, 1.82) is 0 Å². The average molecular weight is 454 g/mol. The molecule has 2 fully saturated rings. The van der Waals surface area contributed by atoms with Crippen LogP contribution >= 0.6 is 11.9 Å². The molecule has 2 N–H and O–H groups in total. The first-order valence-electron chi connectivity index (χ1n) is 11.4. The number of hydrogen-bond donors (Lipinski definition) is 2. The largest absolute Gasteiger partial charge is 0.496 e. The van der Waals surface area contributed by atoms with Gasteiger partial charge in [-0.2, -0.15) is 0 Å². The third kappa shape index (κ3) is 3.82. The highest BCUT2D eigenvalue weighted by molar-refractivity contribution is 8.00. The summed E-state index contributed by atoms with van der Waals surface area (Å²) in [6.07, 6.45) is 5.06. The molecule has 1 aliphatic carbocycles. The molecular weight excluding hydrogens is 422 g/mol.